The van der Waals surface area contributed by atoms with Gasteiger partial charge in [0.25, 0.3) is 0 Å². The van der Waals surface area contributed by atoms with E-state index in [9.17, 15) is 0 Å². The van der Waals surface area contributed by atoms with E-state index < -0.39 is 0 Å². The summed E-state index contributed by atoms with van der Waals surface area (Å²) in [6.45, 7) is 0. The van der Waals surface area contributed by atoms with Crippen molar-refractivity contribution in [2.45, 2.75) is 5.37 Å². The molecule has 6 heteroatoms. The molecule has 0 aromatic carbocycles. The summed E-state index contributed by atoms with van der Waals surface area (Å²) < 4.78 is 0. The van der Waals surface area contributed by atoms with Gasteiger partial charge in [-0.25, -0.2) is 0 Å². The van der Waals surface area contributed by atoms with Gasteiger partial charge in [-0.2, -0.15) is 0 Å². The summed E-state index contributed by atoms with van der Waals surface area (Å²) in [6.07, 6.45) is 1.84. The Morgan fingerprint density at radius 1 is 1.44 bits per heavy atom. The van der Waals surface area contributed by atoms with Crippen molar-refractivity contribution >= 4 is 46.4 Å². The first-order valence-corrected chi connectivity index (χ1v) is 4.06. The third kappa shape index (κ3) is 4.22. The van der Waals surface area contributed by atoms with Crippen molar-refractivity contribution in [2.75, 3.05) is 0 Å². The maximum atomic E-state index is 5.41. The highest BCUT2D eigenvalue weighted by molar-refractivity contribution is 8.78. The molecule has 1 unspecified atom stereocenters. The smallest absolute Gasteiger partial charge is 0.0830 e. The molecule has 9 heavy (non-hydrogen) atoms. The Bertz CT molecular complexity index is 108. The van der Waals surface area contributed by atoms with E-state index in [1.165, 1.54) is 10.8 Å². The summed E-state index contributed by atoms with van der Waals surface area (Å²) in [5, 5.41) is 0.947. The first-order valence-electron chi connectivity index (χ1n) is 1.85. The lowest BCUT2D eigenvalue weighted by atomic mass is 10.6. The molecule has 0 saturated carbocycles. The molecular weight excluding hydrogens is 199 g/mol. The van der Waals surface area contributed by atoms with Crippen LogP contribution in [0.2, 0.25) is 0 Å². The minimum atomic E-state index is 0. The average Bonchev–Trinajstić information content (AvgIpc) is 1.87. The number of rotatable bonds is 0. The summed E-state index contributed by atoms with van der Waals surface area (Å²) in [5.41, 5.74) is 10.8. The summed E-state index contributed by atoms with van der Waals surface area (Å²) in [4.78, 5) is 0. The monoisotopic (exact) mass is 206 g/mol. The van der Waals surface area contributed by atoms with Crippen molar-refractivity contribution < 1.29 is 0 Å². The lowest BCUT2D eigenvalue weighted by molar-refractivity contribution is 1.16. The molecule has 0 radical (unpaired) electrons. The third-order valence-corrected chi connectivity index (χ3v) is 2.90. The van der Waals surface area contributed by atoms with Crippen molar-refractivity contribution in [3.8, 4) is 0 Å². The zero-order valence-electron chi connectivity index (χ0n) is 4.44. The summed E-state index contributed by atoms with van der Waals surface area (Å²) in [5.74, 6) is 0. The first-order chi connectivity index (χ1) is 3.29. The second-order valence-corrected chi connectivity index (χ2v) is 3.67. The van der Waals surface area contributed by atoms with Crippen LogP contribution in [-0.2, 0) is 0 Å². The summed E-state index contributed by atoms with van der Waals surface area (Å²) in [6, 6.07) is 0. The molecule has 0 aromatic rings. The molecule has 0 bridgehead atoms. The Labute approximate surface area is 74.4 Å². The van der Waals surface area contributed by atoms with Gasteiger partial charge in [0.15, 0.2) is 0 Å². The second kappa shape index (κ2) is 5.56. The Kier molecular flexibility index (Phi) is 7.69. The zero-order chi connectivity index (χ0) is 5.28. The van der Waals surface area contributed by atoms with E-state index in [-0.39, 0.29) is 30.2 Å². The van der Waals surface area contributed by atoms with Crippen molar-refractivity contribution in [1.29, 1.82) is 0 Å². The van der Waals surface area contributed by atoms with Gasteiger partial charge in [-0.15, -0.1) is 24.8 Å². The molecule has 4 N–H and O–H groups in total. The largest absolute Gasteiger partial charge is 0.393 e. The van der Waals surface area contributed by atoms with Crippen LogP contribution in [0.4, 0.5) is 0 Å². The van der Waals surface area contributed by atoms with Gasteiger partial charge in [0.1, 0.15) is 0 Å². The highest BCUT2D eigenvalue weighted by Gasteiger charge is 2.08. The topological polar surface area (TPSA) is 52.0 Å². The van der Waals surface area contributed by atoms with Gasteiger partial charge in [-0.05, 0) is 16.9 Å². The lowest BCUT2D eigenvalue weighted by Gasteiger charge is -1.88. The van der Waals surface area contributed by atoms with E-state index in [0.717, 1.165) is 5.03 Å². The highest BCUT2D eigenvalue weighted by Crippen LogP contribution is 2.36. The Hall–Kier alpha value is 0.780. The molecule has 1 aliphatic rings. The fourth-order valence-corrected chi connectivity index (χ4v) is 2.04. The standard InChI is InChI=1S/C3H6N2S2.2ClH/c4-2-1-3(5)7-6-2;;/h1-2H,4-5H2;2*1H. The van der Waals surface area contributed by atoms with Crippen LogP contribution < -0.4 is 11.5 Å². The van der Waals surface area contributed by atoms with Gasteiger partial charge in [0, 0.05) is 0 Å². The lowest BCUT2D eigenvalue weighted by Crippen LogP contribution is -2.07. The molecule has 1 atom stereocenters. The Morgan fingerprint density at radius 3 is 2.11 bits per heavy atom. The number of halogens is 2. The van der Waals surface area contributed by atoms with Gasteiger partial charge in [0.2, 0.25) is 0 Å². The molecule has 0 spiro atoms. The van der Waals surface area contributed by atoms with E-state index in [4.69, 9.17) is 11.5 Å². The van der Waals surface area contributed by atoms with Gasteiger partial charge in [0.05, 0.1) is 10.4 Å². The number of hydrogen-bond donors (Lipinski definition) is 2. The molecule has 0 amide bonds. The molecule has 0 aromatic heterocycles. The van der Waals surface area contributed by atoms with Crippen LogP contribution in [0, 0.1) is 0 Å². The van der Waals surface area contributed by atoms with E-state index in [1.54, 1.807) is 10.8 Å². The van der Waals surface area contributed by atoms with E-state index in [0.29, 0.717) is 0 Å². The molecule has 0 fully saturated rings. The fraction of sp³-hybridized carbons (Fsp3) is 0.333. The van der Waals surface area contributed by atoms with Gasteiger partial charge in [-0.1, -0.05) is 10.8 Å². The predicted octanol–water partition coefficient (Wildman–Crippen LogP) is 1.31. The normalized spacial score (nSPS) is 23.7. The molecule has 1 heterocycles. The average molecular weight is 207 g/mol. The third-order valence-electron chi connectivity index (χ3n) is 0.584. The van der Waals surface area contributed by atoms with Crippen LogP contribution in [0.5, 0.6) is 0 Å². The van der Waals surface area contributed by atoms with Crippen molar-refractivity contribution in [3.63, 3.8) is 0 Å². The SMILES string of the molecule is Cl.Cl.NC1=CC(N)SS1. The summed E-state index contributed by atoms with van der Waals surface area (Å²) >= 11 is 0. The van der Waals surface area contributed by atoms with Crippen LogP contribution in [0.3, 0.4) is 0 Å². The molecule has 2 nitrogen and oxygen atoms in total. The van der Waals surface area contributed by atoms with Crippen molar-refractivity contribution in [2.24, 2.45) is 11.5 Å². The number of nitrogens with two attached hydrogens (primary N) is 2. The molecule has 1 rings (SSSR count). The molecule has 56 valence electrons. The molecule has 1 aliphatic heterocycles. The van der Waals surface area contributed by atoms with Gasteiger partial charge in [-0.3, -0.25) is 0 Å². The maximum absolute atomic E-state index is 5.41. The van der Waals surface area contributed by atoms with Gasteiger partial charge < -0.3 is 11.5 Å². The van der Waals surface area contributed by atoms with Crippen molar-refractivity contribution in [3.05, 3.63) is 11.1 Å². The van der Waals surface area contributed by atoms with Crippen LogP contribution in [-0.4, -0.2) is 5.37 Å². The fourth-order valence-electron chi connectivity index (χ4n) is 0.329. The maximum Gasteiger partial charge on any atom is 0.0830 e. The van der Waals surface area contributed by atoms with E-state index in [2.05, 4.69) is 0 Å². The minimum absolute atomic E-state index is 0. The zero-order valence-corrected chi connectivity index (χ0v) is 7.71. The van der Waals surface area contributed by atoms with Crippen LogP contribution >= 0.6 is 46.4 Å². The molecule has 0 saturated heterocycles. The van der Waals surface area contributed by atoms with Gasteiger partial charge >= 0.3 is 0 Å². The highest BCUT2D eigenvalue weighted by atomic mass is 35.5. The first kappa shape index (κ1) is 12.5. The van der Waals surface area contributed by atoms with Crippen LogP contribution in [0.15, 0.2) is 11.1 Å². The Morgan fingerprint density at radius 2 is 2.00 bits per heavy atom. The summed E-state index contributed by atoms with van der Waals surface area (Å²) in [7, 11) is 3.12. The second-order valence-electron chi connectivity index (χ2n) is 1.21. The minimum Gasteiger partial charge on any atom is -0.393 e. The predicted molar refractivity (Wildman–Crippen MR) is 49.9 cm³/mol. The van der Waals surface area contributed by atoms with Crippen LogP contribution in [0.1, 0.15) is 0 Å². The quantitative estimate of drug-likeness (QED) is 0.588. The van der Waals surface area contributed by atoms with E-state index >= 15 is 0 Å². The van der Waals surface area contributed by atoms with Crippen molar-refractivity contribution in [1.82, 2.24) is 0 Å². The van der Waals surface area contributed by atoms with Crippen LogP contribution in [0.25, 0.3) is 0 Å². The Balaban J connectivity index is 0. The molecule has 0 aliphatic carbocycles. The number of hydrogen-bond acceptors (Lipinski definition) is 4. The molecular formula is C3H8Cl2N2S2. The van der Waals surface area contributed by atoms with E-state index in [1.807, 2.05) is 6.08 Å².